The van der Waals surface area contributed by atoms with Gasteiger partial charge in [0.1, 0.15) is 4.88 Å². The number of hydrogen-bond acceptors (Lipinski definition) is 4. The minimum Gasteiger partial charge on any atom is -0.477 e. The standard InChI is InChI=1S/C9H9N3O2S/c1-10-9-12-6(5-2-3-11-4-5)7(15-9)8(13)14/h2-4,11H,1H3,(H,10,12)(H,13,14). The first-order valence-electron chi connectivity index (χ1n) is 4.27. The summed E-state index contributed by atoms with van der Waals surface area (Å²) in [4.78, 5) is 18.3. The number of carbonyl (C=O) groups is 1. The van der Waals surface area contributed by atoms with Gasteiger partial charge in [-0.3, -0.25) is 0 Å². The van der Waals surface area contributed by atoms with Crippen molar-refractivity contribution in [2.45, 2.75) is 0 Å². The average Bonchev–Trinajstić information content (AvgIpc) is 2.86. The van der Waals surface area contributed by atoms with E-state index in [9.17, 15) is 4.79 Å². The second-order valence-electron chi connectivity index (χ2n) is 2.85. The fourth-order valence-corrected chi connectivity index (χ4v) is 2.02. The number of hydrogen-bond donors (Lipinski definition) is 3. The molecule has 0 bridgehead atoms. The van der Waals surface area contributed by atoms with Gasteiger partial charge in [-0.2, -0.15) is 0 Å². The molecule has 2 aromatic rings. The smallest absolute Gasteiger partial charge is 0.348 e. The Bertz CT molecular complexity index is 476. The van der Waals surface area contributed by atoms with Crippen LogP contribution in [-0.2, 0) is 0 Å². The van der Waals surface area contributed by atoms with Gasteiger partial charge in [-0.25, -0.2) is 9.78 Å². The van der Waals surface area contributed by atoms with E-state index in [2.05, 4.69) is 15.3 Å². The highest BCUT2D eigenvalue weighted by molar-refractivity contribution is 7.17. The first-order chi connectivity index (χ1) is 7.22. The zero-order valence-electron chi connectivity index (χ0n) is 7.94. The summed E-state index contributed by atoms with van der Waals surface area (Å²) in [5.41, 5.74) is 1.28. The molecule has 6 heteroatoms. The molecule has 0 fully saturated rings. The van der Waals surface area contributed by atoms with Crippen LogP contribution in [0.4, 0.5) is 5.13 Å². The minimum absolute atomic E-state index is 0.249. The molecule has 15 heavy (non-hydrogen) atoms. The summed E-state index contributed by atoms with van der Waals surface area (Å²) in [5, 5.41) is 12.4. The molecule has 0 aliphatic rings. The van der Waals surface area contributed by atoms with Crippen LogP contribution < -0.4 is 5.32 Å². The highest BCUT2D eigenvalue weighted by Gasteiger charge is 2.18. The predicted octanol–water partition coefficient (Wildman–Crippen LogP) is 1.88. The quantitative estimate of drug-likeness (QED) is 0.742. The SMILES string of the molecule is CNc1nc(-c2cc[nH]c2)c(C(=O)O)s1. The molecule has 0 aliphatic carbocycles. The summed E-state index contributed by atoms with van der Waals surface area (Å²) < 4.78 is 0. The van der Waals surface area contributed by atoms with Gasteiger partial charge < -0.3 is 15.4 Å². The van der Waals surface area contributed by atoms with Crippen molar-refractivity contribution >= 4 is 22.4 Å². The first-order valence-corrected chi connectivity index (χ1v) is 5.09. The summed E-state index contributed by atoms with van der Waals surface area (Å²) in [5.74, 6) is -0.954. The molecule has 0 radical (unpaired) electrons. The number of anilines is 1. The molecule has 5 nitrogen and oxygen atoms in total. The van der Waals surface area contributed by atoms with Crippen LogP contribution in [0.15, 0.2) is 18.5 Å². The number of carboxylic acid groups (broad SMARTS) is 1. The lowest BCUT2D eigenvalue weighted by Crippen LogP contribution is -1.94. The van der Waals surface area contributed by atoms with E-state index in [0.717, 1.165) is 16.9 Å². The van der Waals surface area contributed by atoms with Gasteiger partial charge in [0, 0.05) is 25.0 Å². The van der Waals surface area contributed by atoms with Crippen molar-refractivity contribution in [2.24, 2.45) is 0 Å². The van der Waals surface area contributed by atoms with Crippen LogP contribution in [0.1, 0.15) is 9.67 Å². The molecule has 0 atom stereocenters. The number of rotatable bonds is 3. The second-order valence-corrected chi connectivity index (χ2v) is 3.85. The topological polar surface area (TPSA) is 78.0 Å². The van der Waals surface area contributed by atoms with Crippen molar-refractivity contribution in [1.29, 1.82) is 0 Å². The number of carboxylic acids is 1. The van der Waals surface area contributed by atoms with E-state index in [1.807, 2.05) is 0 Å². The highest BCUT2D eigenvalue weighted by Crippen LogP contribution is 2.30. The number of aromatic nitrogens is 2. The van der Waals surface area contributed by atoms with Crippen LogP contribution in [0.25, 0.3) is 11.3 Å². The Morgan fingerprint density at radius 2 is 2.47 bits per heavy atom. The summed E-state index contributed by atoms with van der Waals surface area (Å²) in [6.45, 7) is 0. The Kier molecular flexibility index (Phi) is 2.42. The molecule has 3 N–H and O–H groups in total. The lowest BCUT2D eigenvalue weighted by atomic mass is 10.2. The Balaban J connectivity index is 2.54. The van der Waals surface area contributed by atoms with Crippen molar-refractivity contribution in [1.82, 2.24) is 9.97 Å². The van der Waals surface area contributed by atoms with Crippen LogP contribution in [0.3, 0.4) is 0 Å². The van der Waals surface area contributed by atoms with Gasteiger partial charge in [0.25, 0.3) is 0 Å². The van der Waals surface area contributed by atoms with Gasteiger partial charge in [0.15, 0.2) is 5.13 Å². The molecule has 0 saturated heterocycles. The zero-order chi connectivity index (χ0) is 10.8. The molecule has 2 aromatic heterocycles. The normalized spacial score (nSPS) is 10.2. The number of thiazole rings is 1. The van der Waals surface area contributed by atoms with Gasteiger partial charge in [0.2, 0.25) is 0 Å². The highest BCUT2D eigenvalue weighted by atomic mass is 32.1. The third-order valence-electron chi connectivity index (χ3n) is 1.91. The lowest BCUT2D eigenvalue weighted by molar-refractivity contribution is 0.0702. The van der Waals surface area contributed by atoms with Crippen molar-refractivity contribution < 1.29 is 9.90 Å². The summed E-state index contributed by atoms with van der Waals surface area (Å²) in [7, 11) is 1.71. The third kappa shape index (κ3) is 1.71. The van der Waals surface area contributed by atoms with Gasteiger partial charge in [-0.1, -0.05) is 11.3 Å². The summed E-state index contributed by atoms with van der Waals surface area (Å²) >= 11 is 1.13. The summed E-state index contributed by atoms with van der Waals surface area (Å²) in [6, 6.07) is 1.79. The zero-order valence-corrected chi connectivity index (χ0v) is 8.76. The van der Waals surface area contributed by atoms with Crippen molar-refractivity contribution in [3.63, 3.8) is 0 Å². The Morgan fingerprint density at radius 3 is 3.00 bits per heavy atom. The van der Waals surface area contributed by atoms with E-state index in [1.165, 1.54) is 0 Å². The molecular formula is C9H9N3O2S. The maximum Gasteiger partial charge on any atom is 0.348 e. The maximum atomic E-state index is 11.0. The largest absolute Gasteiger partial charge is 0.477 e. The number of aromatic amines is 1. The lowest BCUT2D eigenvalue weighted by Gasteiger charge is -1.92. The molecule has 0 aromatic carbocycles. The fourth-order valence-electron chi connectivity index (χ4n) is 1.24. The van der Waals surface area contributed by atoms with Crippen LogP contribution >= 0.6 is 11.3 Å². The molecule has 0 amide bonds. The van der Waals surface area contributed by atoms with Crippen LogP contribution in [-0.4, -0.2) is 28.1 Å². The van der Waals surface area contributed by atoms with Gasteiger partial charge in [0.05, 0.1) is 5.69 Å². The molecule has 2 rings (SSSR count). The van der Waals surface area contributed by atoms with Crippen molar-refractivity contribution in [3.05, 3.63) is 23.3 Å². The van der Waals surface area contributed by atoms with E-state index in [1.54, 1.807) is 25.5 Å². The third-order valence-corrected chi connectivity index (χ3v) is 2.97. The van der Waals surface area contributed by atoms with E-state index in [-0.39, 0.29) is 4.88 Å². The van der Waals surface area contributed by atoms with Crippen molar-refractivity contribution in [3.8, 4) is 11.3 Å². The van der Waals surface area contributed by atoms with Crippen LogP contribution in [0.2, 0.25) is 0 Å². The van der Waals surface area contributed by atoms with Crippen molar-refractivity contribution in [2.75, 3.05) is 12.4 Å². The Labute approximate surface area is 89.8 Å². The van der Waals surface area contributed by atoms with Crippen LogP contribution in [0.5, 0.6) is 0 Å². The number of nitrogens with zero attached hydrogens (tertiary/aromatic N) is 1. The molecular weight excluding hydrogens is 214 g/mol. The predicted molar refractivity (Wildman–Crippen MR) is 58.4 cm³/mol. The second kappa shape index (κ2) is 3.74. The molecule has 0 saturated carbocycles. The summed E-state index contributed by atoms with van der Waals surface area (Å²) in [6.07, 6.45) is 3.46. The fraction of sp³-hybridized carbons (Fsp3) is 0.111. The van der Waals surface area contributed by atoms with Gasteiger partial charge in [-0.15, -0.1) is 0 Å². The molecule has 2 heterocycles. The molecule has 78 valence electrons. The van der Waals surface area contributed by atoms with E-state index in [4.69, 9.17) is 5.11 Å². The van der Waals surface area contributed by atoms with Gasteiger partial charge in [-0.05, 0) is 6.07 Å². The van der Waals surface area contributed by atoms with E-state index in [0.29, 0.717) is 10.8 Å². The molecule has 0 unspecified atom stereocenters. The average molecular weight is 223 g/mol. The van der Waals surface area contributed by atoms with E-state index < -0.39 is 5.97 Å². The first kappa shape index (κ1) is 9.72. The maximum absolute atomic E-state index is 11.0. The Hall–Kier alpha value is -1.82. The van der Waals surface area contributed by atoms with E-state index >= 15 is 0 Å². The number of nitrogens with one attached hydrogen (secondary N) is 2. The van der Waals surface area contributed by atoms with Crippen LogP contribution in [0, 0.1) is 0 Å². The molecule has 0 aliphatic heterocycles. The molecule has 0 spiro atoms. The Morgan fingerprint density at radius 1 is 1.67 bits per heavy atom. The monoisotopic (exact) mass is 223 g/mol. The number of aromatic carboxylic acids is 1. The van der Waals surface area contributed by atoms with Gasteiger partial charge >= 0.3 is 5.97 Å². The number of H-pyrrole nitrogens is 1. The minimum atomic E-state index is -0.954.